The number of nitrogens with zero attached hydrogens (tertiary/aromatic N) is 1. The molecule has 1 aliphatic heterocycles. The lowest BCUT2D eigenvalue weighted by Crippen LogP contribution is -2.50. The molecule has 0 saturated carbocycles. The largest absolute Gasteiger partial charge is 0.465 e. The van der Waals surface area contributed by atoms with E-state index in [-0.39, 0.29) is 11.5 Å². The lowest BCUT2D eigenvalue weighted by atomic mass is 9.76. The Morgan fingerprint density at radius 1 is 1.19 bits per heavy atom. The van der Waals surface area contributed by atoms with Crippen molar-refractivity contribution in [2.24, 2.45) is 5.92 Å². The van der Waals surface area contributed by atoms with Crippen molar-refractivity contribution in [1.29, 1.82) is 0 Å². The molecule has 0 N–H and O–H groups in total. The van der Waals surface area contributed by atoms with Crippen molar-refractivity contribution in [2.45, 2.75) is 77.3 Å². The molecule has 3 heteroatoms. The number of carbonyl (C=O) groups is 1. The summed E-state index contributed by atoms with van der Waals surface area (Å²) in [5, 5.41) is 0. The molecule has 1 heterocycles. The monoisotopic (exact) mass is 355 g/mol. The summed E-state index contributed by atoms with van der Waals surface area (Å²) < 4.78 is 4.88. The maximum absolute atomic E-state index is 11.9. The summed E-state index contributed by atoms with van der Waals surface area (Å²) in [4.78, 5) is 14.5. The number of benzene rings is 1. The van der Waals surface area contributed by atoms with Crippen LogP contribution in [0.15, 0.2) is 30.4 Å². The summed E-state index contributed by atoms with van der Waals surface area (Å²) in [5.41, 5.74) is 3.28. The SMILES string of the molecule is COC(=O)c1ccc(N2C(C)CCC2(C)C2CC/C=C\CCC2)c(C)c1. The van der Waals surface area contributed by atoms with E-state index < -0.39 is 0 Å². The average molecular weight is 356 g/mol. The van der Waals surface area contributed by atoms with Gasteiger partial charge in [0.1, 0.15) is 0 Å². The summed E-state index contributed by atoms with van der Waals surface area (Å²) in [6.07, 6.45) is 13.5. The number of carbonyl (C=O) groups excluding carboxylic acids is 1. The molecule has 0 radical (unpaired) electrons. The molecule has 142 valence electrons. The van der Waals surface area contributed by atoms with Crippen molar-refractivity contribution in [3.63, 3.8) is 0 Å². The summed E-state index contributed by atoms with van der Waals surface area (Å²) >= 11 is 0. The van der Waals surface area contributed by atoms with Gasteiger partial charge in [0.05, 0.1) is 12.7 Å². The van der Waals surface area contributed by atoms with E-state index in [0.717, 1.165) is 5.92 Å². The molecule has 0 aromatic heterocycles. The van der Waals surface area contributed by atoms with Gasteiger partial charge in [0.2, 0.25) is 0 Å². The lowest BCUT2D eigenvalue weighted by Gasteiger charge is -2.46. The molecule has 0 amide bonds. The van der Waals surface area contributed by atoms with Crippen molar-refractivity contribution in [1.82, 2.24) is 0 Å². The first-order valence-electron chi connectivity index (χ1n) is 10.1. The molecular weight excluding hydrogens is 322 g/mol. The van der Waals surface area contributed by atoms with Gasteiger partial charge in [-0.05, 0) is 95.4 Å². The molecule has 3 nitrogen and oxygen atoms in total. The van der Waals surface area contributed by atoms with Crippen LogP contribution in [0.5, 0.6) is 0 Å². The van der Waals surface area contributed by atoms with Gasteiger partial charge in [-0.25, -0.2) is 4.79 Å². The highest BCUT2D eigenvalue weighted by atomic mass is 16.5. The average Bonchev–Trinajstić information content (AvgIpc) is 2.89. The van der Waals surface area contributed by atoms with Gasteiger partial charge in [0.15, 0.2) is 0 Å². The van der Waals surface area contributed by atoms with Gasteiger partial charge in [-0.3, -0.25) is 0 Å². The fraction of sp³-hybridized carbons (Fsp3) is 0.609. The maximum Gasteiger partial charge on any atom is 0.337 e. The number of hydrogen-bond donors (Lipinski definition) is 0. The van der Waals surface area contributed by atoms with Gasteiger partial charge in [-0.2, -0.15) is 0 Å². The highest BCUT2D eigenvalue weighted by Gasteiger charge is 2.46. The summed E-state index contributed by atoms with van der Waals surface area (Å²) in [5.74, 6) is 0.459. The number of ether oxygens (including phenoxy) is 1. The second-order valence-corrected chi connectivity index (χ2v) is 8.28. The van der Waals surface area contributed by atoms with Crippen molar-refractivity contribution >= 4 is 11.7 Å². The van der Waals surface area contributed by atoms with Crippen molar-refractivity contribution in [3.05, 3.63) is 41.5 Å². The third-order valence-corrected chi connectivity index (χ3v) is 6.59. The Morgan fingerprint density at radius 2 is 1.96 bits per heavy atom. The normalized spacial score (nSPS) is 30.5. The Balaban J connectivity index is 1.93. The molecule has 3 unspecified atom stereocenters. The fourth-order valence-corrected chi connectivity index (χ4v) is 5.12. The van der Waals surface area contributed by atoms with E-state index in [1.165, 1.54) is 63.3 Å². The molecule has 1 aliphatic carbocycles. The van der Waals surface area contributed by atoms with E-state index in [1.807, 2.05) is 12.1 Å². The zero-order valence-corrected chi connectivity index (χ0v) is 16.8. The zero-order valence-electron chi connectivity index (χ0n) is 16.8. The van der Waals surface area contributed by atoms with Crippen LogP contribution in [-0.4, -0.2) is 24.7 Å². The Morgan fingerprint density at radius 3 is 2.69 bits per heavy atom. The molecule has 1 aromatic rings. The Kier molecular flexibility index (Phi) is 5.74. The molecule has 0 spiro atoms. The Hall–Kier alpha value is -1.77. The third kappa shape index (κ3) is 3.54. The van der Waals surface area contributed by atoms with E-state index in [4.69, 9.17) is 4.74 Å². The molecular formula is C23H33NO2. The molecule has 1 aromatic carbocycles. The quantitative estimate of drug-likeness (QED) is 0.517. The molecule has 1 fully saturated rings. The van der Waals surface area contributed by atoms with Gasteiger partial charge in [0, 0.05) is 17.3 Å². The van der Waals surface area contributed by atoms with Gasteiger partial charge < -0.3 is 9.64 Å². The minimum atomic E-state index is -0.260. The Bertz CT molecular complexity index is 681. The van der Waals surface area contributed by atoms with Crippen LogP contribution in [0.4, 0.5) is 5.69 Å². The third-order valence-electron chi connectivity index (χ3n) is 6.59. The minimum absolute atomic E-state index is 0.197. The van der Waals surface area contributed by atoms with E-state index in [0.29, 0.717) is 11.6 Å². The smallest absolute Gasteiger partial charge is 0.337 e. The molecule has 3 atom stereocenters. The lowest BCUT2D eigenvalue weighted by molar-refractivity contribution is 0.0600. The molecule has 26 heavy (non-hydrogen) atoms. The zero-order chi connectivity index (χ0) is 18.7. The topological polar surface area (TPSA) is 29.5 Å². The molecule has 1 saturated heterocycles. The van der Waals surface area contributed by atoms with Crippen LogP contribution in [0.1, 0.15) is 74.7 Å². The van der Waals surface area contributed by atoms with Crippen LogP contribution in [0.2, 0.25) is 0 Å². The van der Waals surface area contributed by atoms with Gasteiger partial charge in [0.25, 0.3) is 0 Å². The van der Waals surface area contributed by atoms with Crippen molar-refractivity contribution in [2.75, 3.05) is 12.0 Å². The van der Waals surface area contributed by atoms with Gasteiger partial charge in [-0.1, -0.05) is 12.2 Å². The predicted molar refractivity (Wildman–Crippen MR) is 108 cm³/mol. The molecule has 2 aliphatic rings. The second kappa shape index (κ2) is 7.85. The molecule has 0 bridgehead atoms. The van der Waals surface area contributed by atoms with E-state index in [2.05, 4.69) is 43.9 Å². The van der Waals surface area contributed by atoms with Gasteiger partial charge in [-0.15, -0.1) is 0 Å². The number of aryl methyl sites for hydroxylation is 1. The van der Waals surface area contributed by atoms with Crippen LogP contribution in [0, 0.1) is 12.8 Å². The summed E-state index contributed by atoms with van der Waals surface area (Å²) in [7, 11) is 1.44. The predicted octanol–water partition coefficient (Wildman–Crippen LogP) is 5.67. The fourth-order valence-electron chi connectivity index (χ4n) is 5.12. The van der Waals surface area contributed by atoms with E-state index in [1.54, 1.807) is 0 Å². The van der Waals surface area contributed by atoms with E-state index in [9.17, 15) is 4.79 Å². The number of anilines is 1. The first-order valence-corrected chi connectivity index (χ1v) is 10.1. The van der Waals surface area contributed by atoms with Crippen LogP contribution < -0.4 is 4.90 Å². The van der Waals surface area contributed by atoms with Crippen molar-refractivity contribution < 1.29 is 9.53 Å². The molecule has 3 rings (SSSR count). The minimum Gasteiger partial charge on any atom is -0.465 e. The van der Waals surface area contributed by atoms with Crippen LogP contribution in [0.25, 0.3) is 0 Å². The van der Waals surface area contributed by atoms with Crippen LogP contribution >= 0.6 is 0 Å². The number of esters is 1. The van der Waals surface area contributed by atoms with Crippen LogP contribution in [0.3, 0.4) is 0 Å². The number of allylic oxidation sites excluding steroid dienone is 2. The number of methoxy groups -OCH3 is 1. The number of hydrogen-bond acceptors (Lipinski definition) is 3. The first kappa shape index (κ1) is 19.0. The van der Waals surface area contributed by atoms with Crippen molar-refractivity contribution in [3.8, 4) is 0 Å². The second-order valence-electron chi connectivity index (χ2n) is 8.28. The standard InChI is InChI=1S/C23H33NO2/c1-17-16-19(22(25)26-4)12-13-21(17)24-18(2)14-15-23(24,3)20-10-8-6-5-7-9-11-20/h5-6,12-13,16,18,20H,7-11,14-15H2,1-4H3/b6-5-. The summed E-state index contributed by atoms with van der Waals surface area (Å²) in [6.45, 7) is 6.94. The Labute approximate surface area is 158 Å². The van der Waals surface area contributed by atoms with Gasteiger partial charge >= 0.3 is 5.97 Å². The number of rotatable bonds is 3. The maximum atomic E-state index is 11.9. The van der Waals surface area contributed by atoms with Crippen LogP contribution in [-0.2, 0) is 4.74 Å². The summed E-state index contributed by atoms with van der Waals surface area (Å²) in [6, 6.07) is 6.56. The van der Waals surface area contributed by atoms with E-state index >= 15 is 0 Å². The highest BCUT2D eigenvalue weighted by molar-refractivity contribution is 5.90. The first-order chi connectivity index (χ1) is 12.5. The highest BCUT2D eigenvalue weighted by Crippen LogP contribution is 2.47.